The van der Waals surface area contributed by atoms with Crippen LogP contribution in [0.25, 0.3) is 5.65 Å². The summed E-state index contributed by atoms with van der Waals surface area (Å²) in [5.74, 6) is -0.0866. The third-order valence-electron chi connectivity index (χ3n) is 3.41. The Morgan fingerprint density at radius 1 is 1.42 bits per heavy atom. The summed E-state index contributed by atoms with van der Waals surface area (Å²) in [5.41, 5.74) is 3.81. The maximum atomic E-state index is 12.3. The fourth-order valence-corrected chi connectivity index (χ4v) is 2.34. The molecular weight excluding hydrogens is 242 g/mol. The van der Waals surface area contributed by atoms with Gasteiger partial charge in [0.15, 0.2) is 5.65 Å². The van der Waals surface area contributed by atoms with Gasteiger partial charge >= 0.3 is 0 Å². The second kappa shape index (κ2) is 4.31. The summed E-state index contributed by atoms with van der Waals surface area (Å²) in [7, 11) is 0. The van der Waals surface area contributed by atoms with Crippen molar-refractivity contribution in [1.29, 1.82) is 0 Å². The molecule has 1 aliphatic heterocycles. The number of hydrogen-bond donors (Lipinski definition) is 2. The summed E-state index contributed by atoms with van der Waals surface area (Å²) in [4.78, 5) is 16.8. The van der Waals surface area contributed by atoms with Crippen molar-refractivity contribution in [2.24, 2.45) is 0 Å². The number of aromatic nitrogens is 3. The normalized spacial score (nSPS) is 15.5. The lowest BCUT2D eigenvalue weighted by atomic mass is 10.1. The molecule has 2 N–H and O–H groups in total. The van der Waals surface area contributed by atoms with Gasteiger partial charge in [0.05, 0.1) is 11.7 Å². The molecule has 100 valence electrons. The van der Waals surface area contributed by atoms with Gasteiger partial charge in [-0.2, -0.15) is 5.10 Å². The minimum atomic E-state index is -0.0866. The lowest BCUT2D eigenvalue weighted by Gasteiger charge is -2.27. The Labute approximate surface area is 111 Å². The number of aryl methyl sites for hydroxylation is 3. The molecule has 0 aliphatic carbocycles. The first-order valence-corrected chi connectivity index (χ1v) is 6.41. The van der Waals surface area contributed by atoms with Crippen molar-refractivity contribution in [1.82, 2.24) is 25.2 Å². The Morgan fingerprint density at radius 2 is 2.16 bits per heavy atom. The Hall–Kier alpha value is -1.95. The molecule has 6 nitrogen and oxygen atoms in total. The van der Waals surface area contributed by atoms with E-state index in [1.165, 1.54) is 0 Å². The number of amides is 1. The maximum Gasteiger partial charge on any atom is 0.257 e. The number of hydrogen-bond acceptors (Lipinski definition) is 4. The van der Waals surface area contributed by atoms with E-state index in [-0.39, 0.29) is 11.9 Å². The molecule has 0 atom stereocenters. The first-order valence-electron chi connectivity index (χ1n) is 6.41. The SMILES string of the molecule is Cc1cc(C)n2nc(C)c(C(=O)NC3CNC3)c2n1. The summed E-state index contributed by atoms with van der Waals surface area (Å²) in [6.45, 7) is 7.39. The minimum Gasteiger partial charge on any atom is -0.347 e. The van der Waals surface area contributed by atoms with Gasteiger partial charge in [-0.05, 0) is 26.8 Å². The van der Waals surface area contributed by atoms with Crippen molar-refractivity contribution in [3.63, 3.8) is 0 Å². The average Bonchev–Trinajstić information content (AvgIpc) is 2.60. The van der Waals surface area contributed by atoms with Crippen LogP contribution in [0.2, 0.25) is 0 Å². The van der Waals surface area contributed by atoms with Gasteiger partial charge in [0.2, 0.25) is 0 Å². The summed E-state index contributed by atoms with van der Waals surface area (Å²) >= 11 is 0. The fraction of sp³-hybridized carbons (Fsp3) is 0.462. The van der Waals surface area contributed by atoms with E-state index in [2.05, 4.69) is 20.7 Å². The van der Waals surface area contributed by atoms with Gasteiger partial charge in [0.25, 0.3) is 5.91 Å². The van der Waals surface area contributed by atoms with Gasteiger partial charge in [0, 0.05) is 24.5 Å². The summed E-state index contributed by atoms with van der Waals surface area (Å²) in [6.07, 6.45) is 0. The highest BCUT2D eigenvalue weighted by Crippen LogP contribution is 2.16. The molecule has 0 spiro atoms. The Balaban J connectivity index is 2.06. The first kappa shape index (κ1) is 12.1. The highest BCUT2D eigenvalue weighted by atomic mass is 16.1. The van der Waals surface area contributed by atoms with E-state index in [1.54, 1.807) is 4.52 Å². The zero-order valence-corrected chi connectivity index (χ0v) is 11.3. The third-order valence-corrected chi connectivity index (χ3v) is 3.41. The van der Waals surface area contributed by atoms with Crippen LogP contribution in [-0.4, -0.2) is 39.6 Å². The van der Waals surface area contributed by atoms with E-state index in [0.717, 1.165) is 24.5 Å². The van der Waals surface area contributed by atoms with Crippen LogP contribution >= 0.6 is 0 Å². The molecule has 1 fully saturated rings. The molecule has 3 rings (SSSR count). The number of nitrogens with zero attached hydrogens (tertiary/aromatic N) is 3. The van der Waals surface area contributed by atoms with Crippen LogP contribution in [0, 0.1) is 20.8 Å². The zero-order chi connectivity index (χ0) is 13.6. The van der Waals surface area contributed by atoms with E-state index < -0.39 is 0 Å². The molecule has 0 bridgehead atoms. The Bertz CT molecular complexity index is 657. The maximum absolute atomic E-state index is 12.3. The average molecular weight is 259 g/mol. The van der Waals surface area contributed by atoms with Gasteiger partial charge in [-0.25, -0.2) is 9.50 Å². The molecule has 0 unspecified atom stereocenters. The number of carbonyl (C=O) groups excluding carboxylic acids is 1. The highest BCUT2D eigenvalue weighted by molar-refractivity contribution is 6.01. The van der Waals surface area contributed by atoms with Crippen molar-refractivity contribution in [2.75, 3.05) is 13.1 Å². The van der Waals surface area contributed by atoms with Gasteiger partial charge in [-0.1, -0.05) is 0 Å². The predicted molar refractivity (Wildman–Crippen MR) is 71.3 cm³/mol. The lowest BCUT2D eigenvalue weighted by molar-refractivity contribution is 0.0925. The number of nitrogens with one attached hydrogen (secondary N) is 2. The summed E-state index contributed by atoms with van der Waals surface area (Å²) in [6, 6.07) is 2.17. The molecule has 6 heteroatoms. The summed E-state index contributed by atoms with van der Waals surface area (Å²) < 4.78 is 1.73. The second-order valence-electron chi connectivity index (χ2n) is 5.06. The minimum absolute atomic E-state index is 0.0866. The number of fused-ring (bicyclic) bond motifs is 1. The molecule has 0 aromatic carbocycles. The molecule has 3 heterocycles. The standard InChI is InChI=1S/C13H17N5O/c1-7-4-8(2)18-12(15-7)11(9(3)17-18)13(19)16-10-5-14-6-10/h4,10,14H,5-6H2,1-3H3,(H,16,19). The first-order chi connectivity index (χ1) is 9.06. The van der Waals surface area contributed by atoms with Crippen LogP contribution in [0.5, 0.6) is 0 Å². The fourth-order valence-electron chi connectivity index (χ4n) is 2.34. The van der Waals surface area contributed by atoms with Crippen LogP contribution in [0.4, 0.5) is 0 Å². The van der Waals surface area contributed by atoms with Gasteiger partial charge < -0.3 is 10.6 Å². The van der Waals surface area contributed by atoms with E-state index >= 15 is 0 Å². The molecule has 0 saturated carbocycles. The van der Waals surface area contributed by atoms with Crippen molar-refractivity contribution in [3.05, 3.63) is 28.7 Å². The van der Waals surface area contributed by atoms with Gasteiger partial charge in [0.1, 0.15) is 5.56 Å². The quantitative estimate of drug-likeness (QED) is 0.816. The van der Waals surface area contributed by atoms with Crippen molar-refractivity contribution in [2.45, 2.75) is 26.8 Å². The van der Waals surface area contributed by atoms with E-state index in [0.29, 0.717) is 16.9 Å². The van der Waals surface area contributed by atoms with E-state index in [1.807, 2.05) is 26.8 Å². The Morgan fingerprint density at radius 3 is 2.79 bits per heavy atom. The molecule has 2 aromatic heterocycles. The topological polar surface area (TPSA) is 71.3 Å². The van der Waals surface area contributed by atoms with Gasteiger partial charge in [-0.3, -0.25) is 4.79 Å². The molecule has 1 saturated heterocycles. The molecule has 0 radical (unpaired) electrons. The molecule has 1 aliphatic rings. The predicted octanol–water partition coefficient (Wildman–Crippen LogP) is 0.356. The largest absolute Gasteiger partial charge is 0.347 e. The van der Waals surface area contributed by atoms with Crippen molar-refractivity contribution < 1.29 is 4.79 Å². The second-order valence-corrected chi connectivity index (χ2v) is 5.06. The number of carbonyl (C=O) groups is 1. The molecule has 1 amide bonds. The van der Waals surface area contributed by atoms with E-state index in [9.17, 15) is 4.79 Å². The van der Waals surface area contributed by atoms with Crippen LogP contribution in [-0.2, 0) is 0 Å². The lowest BCUT2D eigenvalue weighted by Crippen LogP contribution is -2.57. The summed E-state index contributed by atoms with van der Waals surface area (Å²) in [5, 5.41) is 10.5. The zero-order valence-electron chi connectivity index (χ0n) is 11.3. The van der Waals surface area contributed by atoms with Crippen LogP contribution in [0.3, 0.4) is 0 Å². The Kier molecular flexibility index (Phi) is 2.74. The molecular formula is C13H17N5O. The highest BCUT2D eigenvalue weighted by Gasteiger charge is 2.24. The van der Waals surface area contributed by atoms with Crippen LogP contribution in [0.1, 0.15) is 27.4 Å². The molecule has 2 aromatic rings. The van der Waals surface area contributed by atoms with E-state index in [4.69, 9.17) is 0 Å². The van der Waals surface area contributed by atoms with Crippen LogP contribution in [0.15, 0.2) is 6.07 Å². The number of rotatable bonds is 2. The monoisotopic (exact) mass is 259 g/mol. The molecule has 19 heavy (non-hydrogen) atoms. The van der Waals surface area contributed by atoms with Crippen molar-refractivity contribution in [3.8, 4) is 0 Å². The van der Waals surface area contributed by atoms with Crippen LogP contribution < -0.4 is 10.6 Å². The smallest absolute Gasteiger partial charge is 0.257 e. The van der Waals surface area contributed by atoms with Gasteiger partial charge in [-0.15, -0.1) is 0 Å². The third kappa shape index (κ3) is 1.98. The van der Waals surface area contributed by atoms with Crippen molar-refractivity contribution >= 4 is 11.6 Å².